The number of nitrogens with one attached hydrogen (secondary N) is 2. The highest BCUT2D eigenvalue weighted by molar-refractivity contribution is 5.96. The van der Waals surface area contributed by atoms with Crippen molar-refractivity contribution < 1.29 is 14.3 Å². The molecule has 1 amide bonds. The summed E-state index contributed by atoms with van der Waals surface area (Å²) in [6.45, 7) is 0. The molecule has 142 valence electrons. The largest absolute Gasteiger partial charge is 0.497 e. The number of aromatic nitrogens is 2. The van der Waals surface area contributed by atoms with Crippen LogP contribution in [0.4, 0.5) is 0 Å². The van der Waals surface area contributed by atoms with Crippen molar-refractivity contribution in [2.45, 2.75) is 12.8 Å². The minimum atomic E-state index is -0.322. The van der Waals surface area contributed by atoms with Gasteiger partial charge in [0, 0.05) is 22.8 Å². The van der Waals surface area contributed by atoms with Gasteiger partial charge in [-0.15, -0.1) is 0 Å². The number of fused-ring (bicyclic) bond motifs is 3. The SMILES string of the molecule is COc1ccc(C=NNC(=O)c2[nH]nc3c2CCc2ccccc2-3)c(OC)c1. The fourth-order valence-corrected chi connectivity index (χ4v) is 3.39. The molecule has 0 aliphatic heterocycles. The van der Waals surface area contributed by atoms with E-state index in [2.05, 4.69) is 26.8 Å². The van der Waals surface area contributed by atoms with Crippen LogP contribution in [-0.2, 0) is 12.8 Å². The van der Waals surface area contributed by atoms with Crippen LogP contribution >= 0.6 is 0 Å². The molecule has 1 aliphatic rings. The Hall–Kier alpha value is -3.61. The molecule has 0 unspecified atom stereocenters. The number of aryl methyl sites for hydroxylation is 1. The van der Waals surface area contributed by atoms with Crippen LogP contribution in [0.2, 0.25) is 0 Å². The molecule has 0 saturated heterocycles. The number of benzene rings is 2. The predicted octanol–water partition coefficient (Wildman–Crippen LogP) is 2.96. The number of ether oxygens (including phenoxy) is 2. The second-order valence-electron chi connectivity index (χ2n) is 6.39. The molecule has 7 nitrogen and oxygen atoms in total. The van der Waals surface area contributed by atoms with Crippen molar-refractivity contribution in [1.29, 1.82) is 0 Å². The zero-order valence-electron chi connectivity index (χ0n) is 15.7. The van der Waals surface area contributed by atoms with E-state index in [1.54, 1.807) is 26.4 Å². The topological polar surface area (TPSA) is 88.6 Å². The molecule has 28 heavy (non-hydrogen) atoms. The van der Waals surface area contributed by atoms with Crippen LogP contribution in [0.5, 0.6) is 11.5 Å². The molecule has 0 bridgehead atoms. The van der Waals surface area contributed by atoms with Gasteiger partial charge < -0.3 is 9.47 Å². The lowest BCUT2D eigenvalue weighted by Gasteiger charge is -2.15. The summed E-state index contributed by atoms with van der Waals surface area (Å²) in [5, 5.41) is 11.3. The van der Waals surface area contributed by atoms with Gasteiger partial charge >= 0.3 is 0 Å². The number of hydrogen-bond acceptors (Lipinski definition) is 5. The molecule has 4 rings (SSSR count). The van der Waals surface area contributed by atoms with Crippen molar-refractivity contribution in [2.75, 3.05) is 14.2 Å². The van der Waals surface area contributed by atoms with Gasteiger partial charge in [-0.25, -0.2) is 5.43 Å². The van der Waals surface area contributed by atoms with E-state index in [-0.39, 0.29) is 5.91 Å². The maximum atomic E-state index is 12.6. The molecule has 3 aromatic rings. The quantitative estimate of drug-likeness (QED) is 0.529. The maximum absolute atomic E-state index is 12.6. The first-order chi connectivity index (χ1) is 13.7. The van der Waals surface area contributed by atoms with Crippen LogP contribution in [0.1, 0.15) is 27.2 Å². The lowest BCUT2D eigenvalue weighted by molar-refractivity contribution is 0.0949. The van der Waals surface area contributed by atoms with Crippen LogP contribution in [-0.4, -0.2) is 36.5 Å². The lowest BCUT2D eigenvalue weighted by Crippen LogP contribution is -2.20. The molecule has 2 N–H and O–H groups in total. The van der Waals surface area contributed by atoms with Gasteiger partial charge in [-0.3, -0.25) is 9.89 Å². The van der Waals surface area contributed by atoms with E-state index >= 15 is 0 Å². The molecule has 7 heteroatoms. The van der Waals surface area contributed by atoms with Gasteiger partial charge in [0.15, 0.2) is 0 Å². The normalized spacial score (nSPS) is 12.4. The second-order valence-corrected chi connectivity index (χ2v) is 6.39. The summed E-state index contributed by atoms with van der Waals surface area (Å²) in [4.78, 5) is 12.6. The van der Waals surface area contributed by atoms with E-state index in [1.165, 1.54) is 11.8 Å². The first-order valence-corrected chi connectivity index (χ1v) is 8.92. The minimum absolute atomic E-state index is 0.322. The average molecular weight is 376 g/mol. The van der Waals surface area contributed by atoms with Gasteiger partial charge in [-0.05, 0) is 30.5 Å². The Morgan fingerprint density at radius 2 is 2.04 bits per heavy atom. The van der Waals surface area contributed by atoms with Crippen LogP contribution < -0.4 is 14.9 Å². The summed E-state index contributed by atoms with van der Waals surface area (Å²) < 4.78 is 10.5. The summed E-state index contributed by atoms with van der Waals surface area (Å²) in [6.07, 6.45) is 3.19. The molecule has 0 radical (unpaired) electrons. The van der Waals surface area contributed by atoms with Gasteiger partial charge in [0.25, 0.3) is 5.91 Å². The van der Waals surface area contributed by atoms with E-state index < -0.39 is 0 Å². The summed E-state index contributed by atoms with van der Waals surface area (Å²) in [6, 6.07) is 13.5. The number of nitrogens with zero attached hydrogens (tertiary/aromatic N) is 2. The summed E-state index contributed by atoms with van der Waals surface area (Å²) in [5.41, 5.74) is 7.82. The molecule has 0 fully saturated rings. The van der Waals surface area contributed by atoms with Crippen LogP contribution in [0, 0.1) is 0 Å². The second kappa shape index (κ2) is 7.56. The summed E-state index contributed by atoms with van der Waals surface area (Å²) >= 11 is 0. The van der Waals surface area contributed by atoms with Gasteiger partial charge in [-0.2, -0.15) is 10.2 Å². The number of hydrogen-bond donors (Lipinski definition) is 2. The molecular formula is C21H20N4O3. The fourth-order valence-electron chi connectivity index (χ4n) is 3.39. The Morgan fingerprint density at radius 1 is 1.18 bits per heavy atom. The van der Waals surface area contributed by atoms with Gasteiger partial charge in [0.1, 0.15) is 17.2 Å². The first-order valence-electron chi connectivity index (χ1n) is 8.92. The number of H-pyrrole nitrogens is 1. The van der Waals surface area contributed by atoms with E-state index in [1.807, 2.05) is 24.3 Å². The zero-order valence-corrected chi connectivity index (χ0v) is 15.7. The molecule has 0 spiro atoms. The third-order valence-electron chi connectivity index (χ3n) is 4.82. The van der Waals surface area contributed by atoms with E-state index in [4.69, 9.17) is 9.47 Å². The standard InChI is InChI=1S/C21H20N4O3/c1-27-15-9-7-14(18(11-15)28-2)12-22-25-21(26)20-17-10-8-13-5-3-4-6-16(13)19(17)23-24-20/h3-7,9,11-12H,8,10H2,1-2H3,(H,23,24)(H,25,26). The van der Waals surface area contributed by atoms with Crippen molar-refractivity contribution >= 4 is 12.1 Å². The first kappa shape index (κ1) is 17.8. The Morgan fingerprint density at radius 3 is 2.86 bits per heavy atom. The molecule has 0 atom stereocenters. The number of hydrazone groups is 1. The molecule has 0 saturated carbocycles. The predicted molar refractivity (Wildman–Crippen MR) is 106 cm³/mol. The fraction of sp³-hybridized carbons (Fsp3) is 0.190. The number of rotatable bonds is 5. The number of carbonyl (C=O) groups excluding carboxylic acids is 1. The Balaban J connectivity index is 1.52. The molecule has 1 aliphatic carbocycles. The number of aromatic amines is 1. The monoisotopic (exact) mass is 376 g/mol. The number of amides is 1. The van der Waals surface area contributed by atoms with Crippen molar-refractivity contribution in [3.8, 4) is 22.8 Å². The summed E-state index contributed by atoms with van der Waals surface area (Å²) in [7, 11) is 3.16. The van der Waals surface area contributed by atoms with E-state index in [0.717, 1.165) is 35.2 Å². The van der Waals surface area contributed by atoms with Gasteiger partial charge in [-0.1, -0.05) is 24.3 Å². The van der Waals surface area contributed by atoms with Crippen molar-refractivity contribution in [1.82, 2.24) is 15.6 Å². The summed E-state index contributed by atoms with van der Waals surface area (Å²) in [5.74, 6) is 0.965. The third kappa shape index (κ3) is 3.22. The van der Waals surface area contributed by atoms with Crippen molar-refractivity contribution in [3.63, 3.8) is 0 Å². The van der Waals surface area contributed by atoms with Crippen molar-refractivity contribution in [3.05, 3.63) is 64.8 Å². The highest BCUT2D eigenvalue weighted by atomic mass is 16.5. The van der Waals surface area contributed by atoms with Crippen LogP contribution in [0.3, 0.4) is 0 Å². The van der Waals surface area contributed by atoms with Gasteiger partial charge in [0.05, 0.1) is 26.1 Å². The highest BCUT2D eigenvalue weighted by Crippen LogP contribution is 2.33. The number of methoxy groups -OCH3 is 2. The highest BCUT2D eigenvalue weighted by Gasteiger charge is 2.24. The number of carbonyl (C=O) groups is 1. The third-order valence-corrected chi connectivity index (χ3v) is 4.82. The van der Waals surface area contributed by atoms with E-state index in [0.29, 0.717) is 17.2 Å². The Labute approximate surface area is 162 Å². The average Bonchev–Trinajstić information content (AvgIpc) is 3.18. The van der Waals surface area contributed by atoms with E-state index in [9.17, 15) is 4.79 Å². The maximum Gasteiger partial charge on any atom is 0.289 e. The molecular weight excluding hydrogens is 356 g/mol. The van der Waals surface area contributed by atoms with Gasteiger partial charge in [0.2, 0.25) is 0 Å². The molecule has 1 aromatic heterocycles. The molecule has 1 heterocycles. The lowest BCUT2D eigenvalue weighted by atomic mass is 9.89. The van der Waals surface area contributed by atoms with Crippen LogP contribution in [0.15, 0.2) is 47.6 Å². The zero-order chi connectivity index (χ0) is 19.5. The minimum Gasteiger partial charge on any atom is -0.497 e. The Bertz CT molecular complexity index is 1060. The van der Waals surface area contributed by atoms with Crippen molar-refractivity contribution in [2.24, 2.45) is 5.10 Å². The molecule has 2 aromatic carbocycles. The van der Waals surface area contributed by atoms with Crippen LogP contribution in [0.25, 0.3) is 11.3 Å². The Kier molecular flexibility index (Phi) is 4.80. The smallest absolute Gasteiger partial charge is 0.289 e.